The number of nitrogens with zero attached hydrogens (tertiary/aromatic N) is 4. The van der Waals surface area contributed by atoms with Gasteiger partial charge in [0.25, 0.3) is 11.8 Å². The Labute approximate surface area is 348 Å². The number of nitrogens with one attached hydrogen (secondary N) is 4. The number of carbonyl (C=O) groups excluding carboxylic acids is 4. The number of halogens is 3. The molecular formula is C44H53F3N8O5. The molecule has 16 heteroatoms. The molecule has 1 atom stereocenters. The minimum absolute atomic E-state index is 0.113. The average molecular weight is 831 g/mol. The SMILES string of the molecule is CNC(=O)C1(CCN2CCN(C(=O)NCCOC)CC2)C=CC=C(C(=O)Nc2ccc(N3CCCCC3)cc2-c2cc(C(=O)NCc3cccc(C(F)(F)F)c3)ccn2)C1. The number of aromatic nitrogens is 1. The van der Waals surface area contributed by atoms with Crippen molar-refractivity contribution < 1.29 is 37.1 Å². The zero-order valence-corrected chi connectivity index (χ0v) is 34.1. The summed E-state index contributed by atoms with van der Waals surface area (Å²) >= 11 is 0. The molecule has 5 amide bonds. The van der Waals surface area contributed by atoms with Gasteiger partial charge in [0.15, 0.2) is 0 Å². The number of allylic oxidation sites excluding steroid dienone is 2. The van der Waals surface area contributed by atoms with Crippen LogP contribution in [0.2, 0.25) is 0 Å². The van der Waals surface area contributed by atoms with E-state index in [2.05, 4.69) is 36.1 Å². The van der Waals surface area contributed by atoms with Crippen LogP contribution in [0.5, 0.6) is 0 Å². The first-order chi connectivity index (χ1) is 28.9. The lowest BCUT2D eigenvalue weighted by Gasteiger charge is -2.38. The van der Waals surface area contributed by atoms with Gasteiger partial charge in [-0.15, -0.1) is 0 Å². The third-order valence-corrected chi connectivity index (χ3v) is 11.3. The van der Waals surface area contributed by atoms with Gasteiger partial charge in [0, 0.05) is 95.1 Å². The van der Waals surface area contributed by atoms with E-state index in [9.17, 15) is 32.3 Å². The Hall–Kier alpha value is -5.74. The molecule has 320 valence electrons. The summed E-state index contributed by atoms with van der Waals surface area (Å²) in [7, 11) is 3.17. The lowest BCUT2D eigenvalue weighted by atomic mass is 9.74. The Morgan fingerprint density at radius 3 is 2.42 bits per heavy atom. The molecule has 2 aromatic carbocycles. The van der Waals surface area contributed by atoms with E-state index in [1.165, 1.54) is 24.4 Å². The highest BCUT2D eigenvalue weighted by Gasteiger charge is 2.39. The highest BCUT2D eigenvalue weighted by atomic mass is 19.4. The monoisotopic (exact) mass is 830 g/mol. The number of rotatable bonds is 14. The summed E-state index contributed by atoms with van der Waals surface area (Å²) < 4.78 is 44.9. The molecule has 1 aromatic heterocycles. The van der Waals surface area contributed by atoms with E-state index in [0.29, 0.717) is 80.4 Å². The van der Waals surface area contributed by atoms with Crippen molar-refractivity contribution in [3.05, 3.63) is 101 Å². The van der Waals surface area contributed by atoms with Gasteiger partial charge in [0.05, 0.1) is 29.0 Å². The number of anilines is 2. The molecule has 3 aliphatic rings. The number of urea groups is 1. The van der Waals surface area contributed by atoms with Crippen LogP contribution in [0.15, 0.2) is 84.6 Å². The summed E-state index contributed by atoms with van der Waals surface area (Å²) in [5.74, 6) is -1.08. The van der Waals surface area contributed by atoms with Crippen molar-refractivity contribution in [3.8, 4) is 11.3 Å². The van der Waals surface area contributed by atoms with Gasteiger partial charge in [0.2, 0.25) is 5.91 Å². The molecule has 0 saturated carbocycles. The van der Waals surface area contributed by atoms with Crippen LogP contribution in [-0.4, -0.2) is 112 Å². The third kappa shape index (κ3) is 11.1. The maximum absolute atomic E-state index is 14.1. The number of hydrogen-bond acceptors (Lipinski definition) is 8. The van der Waals surface area contributed by atoms with Crippen molar-refractivity contribution in [2.24, 2.45) is 5.41 Å². The van der Waals surface area contributed by atoms with E-state index < -0.39 is 23.1 Å². The number of amides is 5. The van der Waals surface area contributed by atoms with Crippen LogP contribution in [0, 0.1) is 5.41 Å². The van der Waals surface area contributed by atoms with Crippen molar-refractivity contribution in [3.63, 3.8) is 0 Å². The van der Waals surface area contributed by atoms with E-state index >= 15 is 0 Å². The summed E-state index contributed by atoms with van der Waals surface area (Å²) in [5, 5.41) is 11.4. The van der Waals surface area contributed by atoms with E-state index in [4.69, 9.17) is 4.74 Å². The molecule has 0 bridgehead atoms. The largest absolute Gasteiger partial charge is 0.416 e. The first-order valence-electron chi connectivity index (χ1n) is 20.3. The smallest absolute Gasteiger partial charge is 0.383 e. The van der Waals surface area contributed by atoms with Crippen molar-refractivity contribution >= 4 is 35.1 Å². The Morgan fingerprint density at radius 1 is 0.900 bits per heavy atom. The molecule has 2 saturated heterocycles. The van der Waals surface area contributed by atoms with Gasteiger partial charge in [-0.25, -0.2) is 4.79 Å². The molecule has 2 fully saturated rings. The standard InChI is InChI=1S/C44H53F3N8O5/c1-48-41(58)43(15-20-53-21-23-55(24-22-53)42(59)50-17-25-60-2)14-7-9-33(29-43)40(57)52-37-12-11-35(54-18-4-3-5-19-54)28-36(37)38-27-32(13-16-49-38)39(56)51-30-31-8-6-10-34(26-31)44(45,46)47/h6-14,16,26-28H,3-5,15,17-25,29-30H2,1-2H3,(H,48,58)(H,50,59)(H,51,56)(H,52,57). The Kier molecular flexibility index (Phi) is 14.6. The fourth-order valence-electron chi connectivity index (χ4n) is 7.82. The summed E-state index contributed by atoms with van der Waals surface area (Å²) in [5.41, 5.74) is 1.58. The number of alkyl halides is 3. The highest BCUT2D eigenvalue weighted by molar-refractivity contribution is 6.07. The molecule has 60 heavy (non-hydrogen) atoms. The summed E-state index contributed by atoms with van der Waals surface area (Å²) in [4.78, 5) is 64.4. The second kappa shape index (κ2) is 20.0. The summed E-state index contributed by atoms with van der Waals surface area (Å²) in [6.45, 7) is 5.50. The molecule has 0 spiro atoms. The minimum atomic E-state index is -4.50. The normalized spacial score (nSPS) is 18.4. The van der Waals surface area contributed by atoms with Crippen LogP contribution in [0.25, 0.3) is 11.3 Å². The van der Waals surface area contributed by atoms with Gasteiger partial charge in [-0.05, 0) is 86.7 Å². The van der Waals surface area contributed by atoms with Crippen LogP contribution >= 0.6 is 0 Å². The first kappa shape index (κ1) is 43.8. The first-order valence-corrected chi connectivity index (χ1v) is 20.3. The molecule has 2 aliphatic heterocycles. The molecule has 3 aromatic rings. The number of piperazine rings is 1. The fraction of sp³-hybridized carbons (Fsp3) is 0.432. The van der Waals surface area contributed by atoms with Crippen LogP contribution < -0.4 is 26.2 Å². The number of hydrogen-bond donors (Lipinski definition) is 4. The van der Waals surface area contributed by atoms with Gasteiger partial charge in [-0.1, -0.05) is 30.4 Å². The zero-order valence-electron chi connectivity index (χ0n) is 34.1. The van der Waals surface area contributed by atoms with Crippen molar-refractivity contribution in [1.82, 2.24) is 30.7 Å². The quantitative estimate of drug-likeness (QED) is 0.154. The molecule has 6 rings (SSSR count). The number of pyridine rings is 1. The predicted octanol–water partition coefficient (Wildman–Crippen LogP) is 5.61. The van der Waals surface area contributed by atoms with Gasteiger partial charge >= 0.3 is 12.2 Å². The zero-order chi connectivity index (χ0) is 42.7. The molecule has 13 nitrogen and oxygen atoms in total. The topological polar surface area (TPSA) is 148 Å². The molecule has 4 N–H and O–H groups in total. The maximum Gasteiger partial charge on any atom is 0.416 e. The van der Waals surface area contributed by atoms with Gasteiger partial charge < -0.3 is 35.8 Å². The van der Waals surface area contributed by atoms with Gasteiger partial charge in [-0.2, -0.15) is 13.2 Å². The lowest BCUT2D eigenvalue weighted by Crippen LogP contribution is -2.53. The lowest BCUT2D eigenvalue weighted by molar-refractivity contribution is -0.137. The number of methoxy groups -OCH3 is 1. The van der Waals surface area contributed by atoms with Gasteiger partial charge in [-0.3, -0.25) is 24.3 Å². The van der Waals surface area contributed by atoms with Crippen molar-refractivity contribution in [2.75, 3.05) is 83.3 Å². The molecule has 0 radical (unpaired) electrons. The fourth-order valence-corrected chi connectivity index (χ4v) is 7.82. The number of benzene rings is 2. The molecule has 1 aliphatic carbocycles. The number of ether oxygens (including phenoxy) is 1. The van der Waals surface area contributed by atoms with Gasteiger partial charge in [0.1, 0.15) is 0 Å². The highest BCUT2D eigenvalue weighted by Crippen LogP contribution is 2.38. The third-order valence-electron chi connectivity index (χ3n) is 11.3. The van der Waals surface area contributed by atoms with Crippen LogP contribution in [0.4, 0.5) is 29.3 Å². The second-order valence-corrected chi connectivity index (χ2v) is 15.3. The van der Waals surface area contributed by atoms with Crippen LogP contribution in [0.1, 0.15) is 53.6 Å². The van der Waals surface area contributed by atoms with E-state index in [1.807, 2.05) is 24.3 Å². The molecular weight excluding hydrogens is 778 g/mol. The van der Waals surface area contributed by atoms with Crippen molar-refractivity contribution in [1.29, 1.82) is 0 Å². The summed E-state index contributed by atoms with van der Waals surface area (Å²) in [6.07, 6.45) is 6.15. The minimum Gasteiger partial charge on any atom is -0.383 e. The Morgan fingerprint density at radius 2 is 1.68 bits per heavy atom. The second-order valence-electron chi connectivity index (χ2n) is 15.3. The van der Waals surface area contributed by atoms with E-state index in [0.717, 1.165) is 50.2 Å². The predicted molar refractivity (Wildman–Crippen MR) is 223 cm³/mol. The molecule has 1 unspecified atom stereocenters. The van der Waals surface area contributed by atoms with E-state index in [1.54, 1.807) is 37.3 Å². The number of carbonyl (C=O) groups is 4. The molecule has 3 heterocycles. The Bertz CT molecular complexity index is 2080. The number of piperidine rings is 1. The van der Waals surface area contributed by atoms with Crippen LogP contribution in [0.3, 0.4) is 0 Å². The summed E-state index contributed by atoms with van der Waals surface area (Å²) in [6, 6.07) is 13.5. The Balaban J connectivity index is 1.17. The average Bonchev–Trinajstić information content (AvgIpc) is 3.27. The maximum atomic E-state index is 14.1. The van der Waals surface area contributed by atoms with Crippen molar-refractivity contribution in [2.45, 2.75) is 44.8 Å². The van der Waals surface area contributed by atoms with Crippen LogP contribution in [-0.2, 0) is 27.0 Å². The van der Waals surface area contributed by atoms with E-state index in [-0.39, 0.29) is 36.4 Å².